The van der Waals surface area contributed by atoms with Gasteiger partial charge in [0.2, 0.25) is 5.91 Å². The van der Waals surface area contributed by atoms with Crippen LogP contribution in [-0.2, 0) is 14.4 Å². The molecule has 47 heavy (non-hydrogen) atoms. The Morgan fingerprint density at radius 1 is 0.894 bits per heavy atom. The van der Waals surface area contributed by atoms with Gasteiger partial charge in [-0.1, -0.05) is 72.5 Å². The van der Waals surface area contributed by atoms with Gasteiger partial charge < -0.3 is 15.7 Å². The van der Waals surface area contributed by atoms with Crippen LogP contribution in [0.3, 0.4) is 0 Å². The maximum absolute atomic E-state index is 14.8. The molecule has 0 aliphatic heterocycles. The van der Waals surface area contributed by atoms with Crippen molar-refractivity contribution in [2.75, 3.05) is 13.1 Å². The van der Waals surface area contributed by atoms with E-state index in [0.29, 0.717) is 58.0 Å². The Morgan fingerprint density at radius 2 is 1.45 bits per heavy atom. The molecule has 0 aromatic heterocycles. The summed E-state index contributed by atoms with van der Waals surface area (Å²) in [6, 6.07) is -1.38. The number of rotatable bonds is 19. The Labute approximate surface area is 286 Å². The molecule has 0 bridgehead atoms. The smallest absolute Gasteiger partial charge is 0.238 e. The van der Waals surface area contributed by atoms with Crippen molar-refractivity contribution in [3.8, 4) is 0 Å². The summed E-state index contributed by atoms with van der Waals surface area (Å²) in [6.07, 6.45) is 10.9. The summed E-state index contributed by atoms with van der Waals surface area (Å²) >= 11 is 0. The summed E-state index contributed by atoms with van der Waals surface area (Å²) in [4.78, 5) is 42.8. The number of carbonyl (C=O) groups excluding carboxylic acids is 3. The molecular formula is C37H70N6O4. The van der Waals surface area contributed by atoms with Gasteiger partial charge in [0.25, 0.3) is 0 Å². The van der Waals surface area contributed by atoms with Crippen molar-refractivity contribution in [3.05, 3.63) is 12.2 Å². The zero-order chi connectivity index (χ0) is 35.7. The molecule has 2 saturated carbocycles. The number of hydrogen-bond acceptors (Lipinski definition) is 9. The Balaban J connectivity index is 2.38. The van der Waals surface area contributed by atoms with Crippen LogP contribution in [0, 0.1) is 11.3 Å². The van der Waals surface area contributed by atoms with Gasteiger partial charge in [-0.3, -0.25) is 36.1 Å². The van der Waals surface area contributed by atoms with Gasteiger partial charge in [-0.2, -0.15) is 0 Å². The highest BCUT2D eigenvalue weighted by atomic mass is 16.3. The zero-order valence-corrected chi connectivity index (χ0v) is 31.4. The van der Waals surface area contributed by atoms with E-state index >= 15 is 0 Å². The second kappa shape index (κ2) is 17.3. The van der Waals surface area contributed by atoms with Gasteiger partial charge in [0.05, 0.1) is 23.2 Å². The molecule has 0 radical (unpaired) electrons. The lowest BCUT2D eigenvalue weighted by molar-refractivity contribution is -0.135. The van der Waals surface area contributed by atoms with Gasteiger partial charge in [-0.05, 0) is 91.0 Å². The summed E-state index contributed by atoms with van der Waals surface area (Å²) < 4.78 is 0. The number of carbonyl (C=O) groups is 3. The summed E-state index contributed by atoms with van der Waals surface area (Å²) in [5, 5.41) is 26.4. The molecule has 2 aliphatic rings. The third-order valence-corrected chi connectivity index (χ3v) is 10.5. The maximum atomic E-state index is 14.8. The maximum Gasteiger partial charge on any atom is 0.238 e. The van der Waals surface area contributed by atoms with Gasteiger partial charge in [-0.15, -0.1) is 0 Å². The molecule has 0 heterocycles. The quantitative estimate of drug-likeness (QED) is 0.0612. The van der Waals surface area contributed by atoms with Crippen LogP contribution >= 0.6 is 0 Å². The van der Waals surface area contributed by atoms with Crippen LogP contribution in [0.1, 0.15) is 140 Å². The molecule has 0 saturated heterocycles. The minimum Gasteiger partial charge on any atom is -0.366 e. The number of amides is 1. The van der Waals surface area contributed by atoms with Crippen molar-refractivity contribution in [2.24, 2.45) is 17.1 Å². The number of nitrogens with one attached hydrogen (secondary N) is 5. The molecule has 272 valence electrons. The first-order chi connectivity index (χ1) is 21.7. The number of hydrogen-bond donors (Lipinski definition) is 7. The number of ketones is 2. The van der Waals surface area contributed by atoms with Crippen LogP contribution in [0.4, 0.5) is 0 Å². The van der Waals surface area contributed by atoms with E-state index < -0.39 is 35.1 Å². The van der Waals surface area contributed by atoms with E-state index in [1.54, 1.807) is 0 Å². The molecule has 2 unspecified atom stereocenters. The first kappa shape index (κ1) is 41.5. The van der Waals surface area contributed by atoms with Gasteiger partial charge in [-0.25, -0.2) is 0 Å². The number of Topliss-reactive ketones (excluding diaryl/α,β-unsaturated/α-hetero) is 2. The topological polar surface area (TPSA) is 158 Å². The number of aliphatic hydroxyl groups excluding tert-OH is 1. The highest BCUT2D eigenvalue weighted by molar-refractivity contribution is 5.97. The van der Waals surface area contributed by atoms with Crippen LogP contribution in [-0.4, -0.2) is 76.3 Å². The SMILES string of the molecule is C/C=C\C(C)(NC1(C(=O)[C@H](CCCNC(N)O)NC(=O)[C@@H](NC2(C(=O)CCNC(C)(C)C)CCCC2)C(C)C)CCCC1)C(C)(C)C. The van der Waals surface area contributed by atoms with Crippen molar-refractivity contribution in [1.82, 2.24) is 26.6 Å². The predicted octanol–water partition coefficient (Wildman–Crippen LogP) is 4.20. The first-order valence-corrected chi connectivity index (χ1v) is 18.2. The molecule has 10 heteroatoms. The van der Waals surface area contributed by atoms with Crippen LogP contribution in [0.25, 0.3) is 0 Å². The van der Waals surface area contributed by atoms with Gasteiger partial charge in [0, 0.05) is 24.0 Å². The third kappa shape index (κ3) is 11.7. The number of allylic oxidation sites excluding steroid dienone is 1. The second-order valence-corrected chi connectivity index (χ2v) is 16.8. The fraction of sp³-hybridized carbons (Fsp3) is 0.865. The first-order valence-electron chi connectivity index (χ1n) is 18.2. The summed E-state index contributed by atoms with van der Waals surface area (Å²) in [6.45, 7) is 21.9. The standard InChI is InChI=1S/C37H70N6O4/c1-11-19-35(10,33(4,5)6)43-37(22-14-15-23-37)30(45)27(17-16-24-39-32(38)47)41-31(46)29(26(2)3)42-36(20-12-13-21-36)28(44)18-25-40-34(7,8)9/h11,19,26-27,29,32,39-40,42-43,47H,12-18,20-25,38H2,1-10H3,(H,41,46)/b19-11-/t27-,29-,32?,35?/m0/s1. The van der Waals surface area contributed by atoms with E-state index in [-0.39, 0.29) is 34.3 Å². The Hall–Kier alpha value is -1.69. The van der Waals surface area contributed by atoms with Crippen molar-refractivity contribution in [2.45, 2.75) is 180 Å². The van der Waals surface area contributed by atoms with Crippen molar-refractivity contribution < 1.29 is 19.5 Å². The molecule has 4 atom stereocenters. The van der Waals surface area contributed by atoms with Gasteiger partial charge >= 0.3 is 0 Å². The van der Waals surface area contributed by atoms with Gasteiger partial charge in [0.1, 0.15) is 0 Å². The molecular weight excluding hydrogens is 592 g/mol. The normalized spacial score (nSPS) is 21.5. The lowest BCUT2D eigenvalue weighted by Crippen LogP contribution is -2.67. The predicted molar refractivity (Wildman–Crippen MR) is 192 cm³/mol. The second-order valence-electron chi connectivity index (χ2n) is 16.8. The van der Waals surface area contributed by atoms with Crippen molar-refractivity contribution in [1.29, 1.82) is 0 Å². The number of nitrogens with two attached hydrogens (primary N) is 1. The van der Waals surface area contributed by atoms with E-state index in [9.17, 15) is 19.5 Å². The molecule has 2 rings (SSSR count). The highest BCUT2D eigenvalue weighted by Gasteiger charge is 2.50. The number of aliphatic hydroxyl groups is 1. The molecule has 2 aliphatic carbocycles. The lowest BCUT2D eigenvalue weighted by Gasteiger charge is -2.47. The minimum absolute atomic E-state index is 0.000887. The van der Waals surface area contributed by atoms with Crippen LogP contribution < -0.4 is 32.3 Å². The largest absolute Gasteiger partial charge is 0.366 e. The summed E-state index contributed by atoms with van der Waals surface area (Å²) in [7, 11) is 0. The Bertz CT molecular complexity index is 1050. The minimum atomic E-state index is -1.15. The zero-order valence-electron chi connectivity index (χ0n) is 31.4. The van der Waals surface area contributed by atoms with E-state index in [4.69, 9.17) is 5.73 Å². The van der Waals surface area contributed by atoms with E-state index in [1.165, 1.54) is 0 Å². The molecule has 0 aromatic carbocycles. The van der Waals surface area contributed by atoms with E-state index in [1.807, 2.05) is 26.8 Å². The van der Waals surface area contributed by atoms with Crippen LogP contribution in [0.15, 0.2) is 12.2 Å². The molecule has 10 nitrogen and oxygen atoms in total. The molecule has 1 amide bonds. The molecule has 2 fully saturated rings. The van der Waals surface area contributed by atoms with E-state index in [0.717, 1.165) is 25.7 Å². The highest BCUT2D eigenvalue weighted by Crippen LogP contribution is 2.40. The molecule has 8 N–H and O–H groups in total. The van der Waals surface area contributed by atoms with Gasteiger partial charge in [0.15, 0.2) is 17.9 Å². The Kier molecular flexibility index (Phi) is 15.3. The lowest BCUT2D eigenvalue weighted by atomic mass is 9.71. The monoisotopic (exact) mass is 663 g/mol. The average Bonchev–Trinajstić information content (AvgIpc) is 3.62. The fourth-order valence-corrected chi connectivity index (χ4v) is 7.25. The van der Waals surface area contributed by atoms with Crippen molar-refractivity contribution >= 4 is 17.5 Å². The third-order valence-electron chi connectivity index (χ3n) is 10.5. The molecule has 0 aromatic rings. The molecule has 0 spiro atoms. The Morgan fingerprint density at radius 3 is 1.91 bits per heavy atom. The van der Waals surface area contributed by atoms with Crippen LogP contribution in [0.5, 0.6) is 0 Å². The van der Waals surface area contributed by atoms with Crippen molar-refractivity contribution in [3.63, 3.8) is 0 Å². The summed E-state index contributed by atoms with van der Waals surface area (Å²) in [5.74, 6) is -0.213. The fourth-order valence-electron chi connectivity index (χ4n) is 7.25. The van der Waals surface area contributed by atoms with E-state index in [2.05, 4.69) is 81.1 Å². The average molecular weight is 663 g/mol. The summed E-state index contributed by atoms with van der Waals surface area (Å²) in [5.41, 5.74) is 3.25. The van der Waals surface area contributed by atoms with Crippen LogP contribution in [0.2, 0.25) is 0 Å².